The Hall–Kier alpha value is -2.17. The van der Waals surface area contributed by atoms with Crippen molar-refractivity contribution in [3.05, 3.63) is 37.1 Å². The third kappa shape index (κ3) is 3.40. The Morgan fingerprint density at radius 1 is 1.53 bits per heavy atom. The van der Waals surface area contributed by atoms with Gasteiger partial charge in [0, 0.05) is 30.7 Å². The average molecular weight is 258 g/mol. The van der Waals surface area contributed by atoms with Crippen LogP contribution >= 0.6 is 0 Å². The van der Waals surface area contributed by atoms with Crippen molar-refractivity contribution >= 4 is 6.03 Å². The van der Waals surface area contributed by atoms with Gasteiger partial charge in [0.25, 0.3) is 0 Å². The molecule has 2 aromatic heterocycles. The highest BCUT2D eigenvalue weighted by atomic mass is 16.2. The Morgan fingerprint density at radius 3 is 3.05 bits per heavy atom. The van der Waals surface area contributed by atoms with Gasteiger partial charge in [0.05, 0.1) is 5.69 Å². The van der Waals surface area contributed by atoms with Gasteiger partial charge in [-0.15, -0.1) is 0 Å². The Labute approximate surface area is 112 Å². The molecule has 5 heteroatoms. The number of hydrogen-bond donors (Lipinski definition) is 1. The molecule has 0 aliphatic heterocycles. The van der Waals surface area contributed by atoms with Crippen LogP contribution in [0.4, 0.5) is 4.79 Å². The van der Waals surface area contributed by atoms with Gasteiger partial charge in [-0.3, -0.25) is 9.55 Å². The normalized spacial score (nSPS) is 12.1. The molecule has 5 nitrogen and oxygen atoms in total. The van der Waals surface area contributed by atoms with Crippen molar-refractivity contribution in [2.75, 3.05) is 6.54 Å². The molecule has 1 unspecified atom stereocenters. The van der Waals surface area contributed by atoms with Crippen molar-refractivity contribution in [3.63, 3.8) is 0 Å². The molecule has 2 aromatic rings. The second-order valence-electron chi connectivity index (χ2n) is 4.61. The van der Waals surface area contributed by atoms with Gasteiger partial charge in [-0.1, -0.05) is 20.3 Å². The molecule has 2 rings (SSSR count). The zero-order chi connectivity index (χ0) is 13.7. The lowest BCUT2D eigenvalue weighted by atomic mass is 10.1. The summed E-state index contributed by atoms with van der Waals surface area (Å²) >= 11 is 0. The maximum atomic E-state index is 11.9. The summed E-state index contributed by atoms with van der Waals surface area (Å²) < 4.78 is 1.46. The molecule has 0 bridgehead atoms. The smallest absolute Gasteiger partial charge is 0.326 e. The SMILES string of the molecule is CCC(C)CNC(=O)n1cnc(-c2cccnc2)c1. The first-order valence-electron chi connectivity index (χ1n) is 6.43. The van der Waals surface area contributed by atoms with E-state index in [2.05, 4.69) is 29.1 Å². The van der Waals surface area contributed by atoms with Gasteiger partial charge in [-0.25, -0.2) is 9.78 Å². The molecule has 2 heterocycles. The van der Waals surface area contributed by atoms with E-state index in [-0.39, 0.29) is 6.03 Å². The molecule has 0 saturated carbocycles. The monoisotopic (exact) mass is 258 g/mol. The van der Waals surface area contributed by atoms with Crippen LogP contribution in [0.5, 0.6) is 0 Å². The Balaban J connectivity index is 2.03. The topological polar surface area (TPSA) is 59.8 Å². The lowest BCUT2D eigenvalue weighted by molar-refractivity contribution is 0.240. The summed E-state index contributed by atoms with van der Waals surface area (Å²) in [6, 6.07) is 3.61. The number of imidazole rings is 1. The van der Waals surface area contributed by atoms with Crippen LogP contribution in [0.2, 0.25) is 0 Å². The van der Waals surface area contributed by atoms with Crippen LogP contribution < -0.4 is 5.32 Å². The van der Waals surface area contributed by atoms with Gasteiger partial charge in [-0.2, -0.15) is 0 Å². The van der Waals surface area contributed by atoms with Crippen LogP contribution in [0.25, 0.3) is 11.3 Å². The second kappa shape index (κ2) is 6.13. The van der Waals surface area contributed by atoms with Gasteiger partial charge in [0.1, 0.15) is 6.33 Å². The molecular weight excluding hydrogens is 240 g/mol. The molecule has 19 heavy (non-hydrogen) atoms. The Kier molecular flexibility index (Phi) is 4.28. The lowest BCUT2D eigenvalue weighted by Gasteiger charge is -2.09. The Morgan fingerprint density at radius 2 is 2.37 bits per heavy atom. The summed E-state index contributed by atoms with van der Waals surface area (Å²) in [5.41, 5.74) is 1.64. The van der Waals surface area contributed by atoms with Crippen molar-refractivity contribution in [1.29, 1.82) is 0 Å². The molecule has 0 aliphatic rings. The van der Waals surface area contributed by atoms with Crippen LogP contribution in [-0.2, 0) is 0 Å². The quantitative estimate of drug-likeness (QED) is 0.916. The third-order valence-electron chi connectivity index (χ3n) is 3.07. The van der Waals surface area contributed by atoms with E-state index in [0.29, 0.717) is 12.5 Å². The molecule has 1 atom stereocenters. The summed E-state index contributed by atoms with van der Waals surface area (Å²) in [5.74, 6) is 0.477. The largest absolute Gasteiger partial charge is 0.337 e. The van der Waals surface area contributed by atoms with Gasteiger partial charge < -0.3 is 5.32 Å². The van der Waals surface area contributed by atoms with E-state index in [0.717, 1.165) is 17.7 Å². The number of carbonyl (C=O) groups is 1. The van der Waals surface area contributed by atoms with Crippen LogP contribution in [0.1, 0.15) is 20.3 Å². The van der Waals surface area contributed by atoms with Crippen molar-refractivity contribution < 1.29 is 4.79 Å². The summed E-state index contributed by atoms with van der Waals surface area (Å²) in [6.07, 6.45) is 7.71. The molecule has 1 amide bonds. The lowest BCUT2D eigenvalue weighted by Crippen LogP contribution is -2.31. The highest BCUT2D eigenvalue weighted by Crippen LogP contribution is 2.14. The maximum absolute atomic E-state index is 11.9. The number of nitrogens with zero attached hydrogens (tertiary/aromatic N) is 3. The predicted molar refractivity (Wildman–Crippen MR) is 73.7 cm³/mol. The minimum Gasteiger partial charge on any atom is -0.337 e. The van der Waals surface area contributed by atoms with E-state index in [1.165, 1.54) is 10.9 Å². The standard InChI is InChI=1S/C14H18N4O/c1-3-11(2)7-16-14(19)18-9-13(17-10-18)12-5-4-6-15-8-12/h4-6,8-11H,3,7H2,1-2H3,(H,16,19). The van der Waals surface area contributed by atoms with Crippen molar-refractivity contribution in [3.8, 4) is 11.3 Å². The van der Waals surface area contributed by atoms with Crippen molar-refractivity contribution in [1.82, 2.24) is 19.9 Å². The van der Waals surface area contributed by atoms with E-state index >= 15 is 0 Å². The zero-order valence-electron chi connectivity index (χ0n) is 11.2. The van der Waals surface area contributed by atoms with Crippen LogP contribution in [0.15, 0.2) is 37.1 Å². The fraction of sp³-hybridized carbons (Fsp3) is 0.357. The first kappa shape index (κ1) is 13.3. The van der Waals surface area contributed by atoms with Gasteiger partial charge in [0.2, 0.25) is 0 Å². The number of pyridine rings is 1. The highest BCUT2D eigenvalue weighted by Gasteiger charge is 2.08. The summed E-state index contributed by atoms with van der Waals surface area (Å²) in [4.78, 5) is 20.2. The molecule has 0 fully saturated rings. The number of rotatable bonds is 4. The molecule has 0 spiro atoms. The van der Waals surface area contributed by atoms with Crippen LogP contribution in [0.3, 0.4) is 0 Å². The number of hydrogen-bond acceptors (Lipinski definition) is 3. The molecule has 0 aliphatic carbocycles. The fourth-order valence-electron chi connectivity index (χ4n) is 1.59. The minimum absolute atomic E-state index is 0.150. The maximum Gasteiger partial charge on any atom is 0.326 e. The second-order valence-corrected chi connectivity index (χ2v) is 4.61. The zero-order valence-corrected chi connectivity index (χ0v) is 11.2. The molecular formula is C14H18N4O. The number of aromatic nitrogens is 3. The fourth-order valence-corrected chi connectivity index (χ4v) is 1.59. The van der Waals surface area contributed by atoms with Crippen molar-refractivity contribution in [2.45, 2.75) is 20.3 Å². The van der Waals surface area contributed by atoms with E-state index in [1.807, 2.05) is 12.1 Å². The highest BCUT2D eigenvalue weighted by molar-refractivity contribution is 5.77. The van der Waals surface area contributed by atoms with Crippen LogP contribution in [0, 0.1) is 5.92 Å². The summed E-state index contributed by atoms with van der Waals surface area (Å²) in [6.45, 7) is 4.89. The summed E-state index contributed by atoms with van der Waals surface area (Å²) in [7, 11) is 0. The van der Waals surface area contributed by atoms with Gasteiger partial charge in [0.15, 0.2) is 0 Å². The number of amides is 1. The number of carbonyl (C=O) groups excluding carboxylic acids is 1. The third-order valence-corrected chi connectivity index (χ3v) is 3.07. The van der Waals surface area contributed by atoms with E-state index in [9.17, 15) is 4.79 Å². The molecule has 0 aromatic carbocycles. The Bertz CT molecular complexity index is 535. The summed E-state index contributed by atoms with van der Waals surface area (Å²) in [5, 5.41) is 2.88. The number of nitrogens with one attached hydrogen (secondary N) is 1. The van der Waals surface area contributed by atoms with E-state index in [4.69, 9.17) is 0 Å². The minimum atomic E-state index is -0.150. The molecule has 1 N–H and O–H groups in total. The first-order valence-corrected chi connectivity index (χ1v) is 6.43. The first-order chi connectivity index (χ1) is 9.20. The molecule has 0 radical (unpaired) electrons. The van der Waals surface area contributed by atoms with Crippen molar-refractivity contribution in [2.24, 2.45) is 5.92 Å². The van der Waals surface area contributed by atoms with Gasteiger partial charge in [-0.05, 0) is 18.1 Å². The van der Waals surface area contributed by atoms with Crippen LogP contribution in [-0.4, -0.2) is 27.1 Å². The predicted octanol–water partition coefficient (Wildman–Crippen LogP) is 2.55. The molecule has 100 valence electrons. The average Bonchev–Trinajstić information content (AvgIpc) is 2.95. The van der Waals surface area contributed by atoms with Gasteiger partial charge >= 0.3 is 6.03 Å². The molecule has 0 saturated heterocycles. The van der Waals surface area contributed by atoms with E-state index in [1.54, 1.807) is 18.6 Å². The van der Waals surface area contributed by atoms with E-state index < -0.39 is 0 Å².